The Bertz CT molecular complexity index is 678. The van der Waals surface area contributed by atoms with E-state index in [4.69, 9.17) is 10.5 Å². The number of aromatic nitrogens is 1. The van der Waals surface area contributed by atoms with Gasteiger partial charge >= 0.3 is 0 Å². The largest absolute Gasteiger partial charge is 0.474 e. The number of nitrogens with one attached hydrogen (secondary N) is 1. The lowest BCUT2D eigenvalue weighted by Gasteiger charge is -2.22. The topological polar surface area (TPSA) is 111 Å². The molecule has 1 unspecified atom stereocenters. The smallest absolute Gasteiger partial charge is 0.237 e. The van der Waals surface area contributed by atoms with Gasteiger partial charge in [-0.3, -0.25) is 4.79 Å². The van der Waals surface area contributed by atoms with E-state index in [1.165, 1.54) is 19.3 Å². The molecule has 1 heterocycles. The fourth-order valence-corrected chi connectivity index (χ4v) is 3.45. The van der Waals surface area contributed by atoms with Crippen LogP contribution in [0.15, 0.2) is 18.3 Å². The summed E-state index contributed by atoms with van der Waals surface area (Å²) in [6.45, 7) is 0.301. The second kappa shape index (κ2) is 10.7. The fraction of sp³-hybridized carbons (Fsp3) is 0.647. The highest BCUT2D eigenvalue weighted by molar-refractivity contribution is 7.90. The molecule has 7 nitrogen and oxygen atoms in total. The van der Waals surface area contributed by atoms with Gasteiger partial charge in [0.25, 0.3) is 0 Å². The lowest BCUT2D eigenvalue weighted by atomic mass is 9.98. The van der Waals surface area contributed by atoms with Crippen LogP contribution in [-0.4, -0.2) is 43.5 Å². The molecule has 0 aliphatic heterocycles. The van der Waals surface area contributed by atoms with Crippen LogP contribution in [-0.2, 0) is 21.2 Å². The molecule has 26 heavy (non-hydrogen) atoms. The van der Waals surface area contributed by atoms with Crippen LogP contribution in [0.2, 0.25) is 0 Å². The molecule has 1 atom stereocenters. The zero-order valence-electron chi connectivity index (χ0n) is 15.0. The van der Waals surface area contributed by atoms with E-state index in [1.807, 2.05) is 6.07 Å². The number of nitrogens with two attached hydrogens (primary N) is 1. The average Bonchev–Trinajstić information content (AvgIpc) is 2.58. The van der Waals surface area contributed by atoms with Crippen molar-refractivity contribution in [2.45, 2.75) is 57.2 Å². The number of pyridine rings is 1. The zero-order chi connectivity index (χ0) is 18.3. The van der Waals surface area contributed by atoms with E-state index < -0.39 is 15.9 Å². The van der Waals surface area contributed by atoms with Crippen LogP contribution >= 0.6 is 12.4 Å². The predicted octanol–water partition coefficient (Wildman–Crippen LogP) is 1.59. The first-order valence-corrected chi connectivity index (χ1v) is 10.7. The van der Waals surface area contributed by atoms with Gasteiger partial charge in [-0.1, -0.05) is 6.42 Å². The van der Waals surface area contributed by atoms with E-state index in [0.29, 0.717) is 12.4 Å². The minimum atomic E-state index is -3.12. The Morgan fingerprint density at radius 3 is 2.73 bits per heavy atom. The van der Waals surface area contributed by atoms with Gasteiger partial charge in [0.05, 0.1) is 11.8 Å². The fourth-order valence-electron chi connectivity index (χ4n) is 2.77. The van der Waals surface area contributed by atoms with E-state index in [0.717, 1.165) is 24.7 Å². The number of carbonyl (C=O) groups is 1. The number of hydrogen-bond donors (Lipinski definition) is 2. The molecule has 0 spiro atoms. The van der Waals surface area contributed by atoms with Crippen molar-refractivity contribution in [3.8, 4) is 5.88 Å². The van der Waals surface area contributed by atoms with Gasteiger partial charge in [0.15, 0.2) is 0 Å². The number of hydrogen-bond acceptors (Lipinski definition) is 6. The first-order valence-electron chi connectivity index (χ1n) is 8.66. The molecule has 1 aromatic heterocycles. The van der Waals surface area contributed by atoms with Crippen LogP contribution in [0.5, 0.6) is 5.88 Å². The van der Waals surface area contributed by atoms with Crippen molar-refractivity contribution >= 4 is 28.2 Å². The molecule has 0 bridgehead atoms. The predicted molar refractivity (Wildman–Crippen MR) is 103 cm³/mol. The third-order valence-corrected chi connectivity index (χ3v) is 5.22. The normalized spacial score (nSPS) is 16.4. The number of nitrogens with zero attached hydrogens (tertiary/aromatic N) is 1. The lowest BCUT2D eigenvalue weighted by molar-refractivity contribution is -0.122. The maximum absolute atomic E-state index is 12.0. The summed E-state index contributed by atoms with van der Waals surface area (Å²) in [5.41, 5.74) is 6.59. The van der Waals surface area contributed by atoms with Crippen LogP contribution in [0.25, 0.3) is 0 Å². The quantitative estimate of drug-likeness (QED) is 0.679. The minimum Gasteiger partial charge on any atom is -0.474 e. The van der Waals surface area contributed by atoms with Gasteiger partial charge in [-0.2, -0.15) is 0 Å². The maximum atomic E-state index is 12.0. The Hall–Kier alpha value is -1.38. The summed E-state index contributed by atoms with van der Waals surface area (Å²) in [5.74, 6) is 0.103. The second-order valence-corrected chi connectivity index (χ2v) is 8.88. The van der Waals surface area contributed by atoms with E-state index >= 15 is 0 Å². The molecule has 1 aliphatic carbocycles. The maximum Gasteiger partial charge on any atom is 0.237 e. The Labute approximate surface area is 161 Å². The molecule has 2 rings (SSSR count). The summed E-state index contributed by atoms with van der Waals surface area (Å²) in [5, 5.41) is 2.72. The van der Waals surface area contributed by atoms with Gasteiger partial charge in [0.1, 0.15) is 15.9 Å². The number of amides is 1. The first-order chi connectivity index (χ1) is 11.8. The van der Waals surface area contributed by atoms with Crippen molar-refractivity contribution in [1.29, 1.82) is 0 Å². The van der Waals surface area contributed by atoms with Crippen molar-refractivity contribution in [3.63, 3.8) is 0 Å². The average molecular weight is 406 g/mol. The van der Waals surface area contributed by atoms with E-state index in [2.05, 4.69) is 10.3 Å². The number of ether oxygens (including phenoxy) is 1. The molecule has 0 radical (unpaired) electrons. The summed E-state index contributed by atoms with van der Waals surface area (Å²) in [6.07, 6.45) is 8.85. The molecule has 1 fully saturated rings. The number of rotatable bonds is 8. The van der Waals surface area contributed by atoms with Crippen LogP contribution in [0.3, 0.4) is 0 Å². The Balaban J connectivity index is 0.00000338. The van der Waals surface area contributed by atoms with Gasteiger partial charge in [-0.15, -0.1) is 12.4 Å². The van der Waals surface area contributed by atoms with Crippen LogP contribution in [0.4, 0.5) is 0 Å². The molecular weight excluding hydrogens is 378 g/mol. The van der Waals surface area contributed by atoms with Crippen LogP contribution < -0.4 is 15.8 Å². The molecule has 1 amide bonds. The summed E-state index contributed by atoms with van der Waals surface area (Å²) < 4.78 is 28.2. The summed E-state index contributed by atoms with van der Waals surface area (Å²) >= 11 is 0. The minimum absolute atomic E-state index is 0. The van der Waals surface area contributed by atoms with Gasteiger partial charge in [-0.25, -0.2) is 13.4 Å². The van der Waals surface area contributed by atoms with Crippen molar-refractivity contribution in [2.75, 3.05) is 12.0 Å². The monoisotopic (exact) mass is 405 g/mol. The van der Waals surface area contributed by atoms with E-state index in [9.17, 15) is 13.2 Å². The highest BCUT2D eigenvalue weighted by Crippen LogP contribution is 2.22. The Morgan fingerprint density at radius 2 is 2.08 bits per heavy atom. The molecule has 1 aliphatic rings. The second-order valence-electron chi connectivity index (χ2n) is 6.62. The van der Waals surface area contributed by atoms with Crippen molar-refractivity contribution in [3.05, 3.63) is 23.9 Å². The van der Waals surface area contributed by atoms with E-state index in [1.54, 1.807) is 12.3 Å². The van der Waals surface area contributed by atoms with Gasteiger partial charge in [-0.05, 0) is 43.7 Å². The summed E-state index contributed by atoms with van der Waals surface area (Å²) in [7, 11) is -3.12. The van der Waals surface area contributed by atoms with Crippen molar-refractivity contribution in [2.24, 2.45) is 5.73 Å². The van der Waals surface area contributed by atoms with Gasteiger partial charge < -0.3 is 15.8 Å². The Kier molecular flexibility index (Phi) is 9.32. The number of halogens is 1. The zero-order valence-corrected chi connectivity index (χ0v) is 16.7. The highest BCUT2D eigenvalue weighted by Gasteiger charge is 2.17. The molecule has 1 aromatic rings. The number of carbonyl (C=O) groups excluding carboxylic acids is 1. The highest BCUT2D eigenvalue weighted by atomic mass is 35.5. The lowest BCUT2D eigenvalue weighted by Crippen LogP contribution is -2.41. The molecule has 0 aromatic carbocycles. The third-order valence-electron chi connectivity index (χ3n) is 4.24. The van der Waals surface area contributed by atoms with E-state index in [-0.39, 0.29) is 36.6 Å². The number of sulfone groups is 1. The molecule has 148 valence electrons. The van der Waals surface area contributed by atoms with Crippen LogP contribution in [0.1, 0.15) is 44.1 Å². The van der Waals surface area contributed by atoms with Crippen LogP contribution in [0, 0.1) is 0 Å². The third kappa shape index (κ3) is 8.33. The molecule has 1 saturated carbocycles. The SMILES string of the molecule is CS(=O)(=O)CCC(N)C(=O)NCc1ccnc(OC2CCCCC2)c1.Cl. The standard InChI is InChI=1S/C17H27N3O4S.ClH/c1-25(22,23)10-8-15(18)17(21)20-12-13-7-9-19-16(11-13)24-14-5-3-2-4-6-14;/h7,9,11,14-15H,2-6,8,10,12,18H2,1H3,(H,20,21);1H. The van der Waals surface area contributed by atoms with Gasteiger partial charge in [0, 0.05) is 25.1 Å². The Morgan fingerprint density at radius 1 is 1.38 bits per heavy atom. The summed E-state index contributed by atoms with van der Waals surface area (Å²) in [4.78, 5) is 16.2. The summed E-state index contributed by atoms with van der Waals surface area (Å²) in [6, 6.07) is 2.78. The molecule has 9 heteroatoms. The van der Waals surface area contributed by atoms with Crippen molar-refractivity contribution in [1.82, 2.24) is 10.3 Å². The molecule has 0 saturated heterocycles. The first kappa shape index (κ1) is 22.7. The van der Waals surface area contributed by atoms with Gasteiger partial charge in [0.2, 0.25) is 11.8 Å². The molecular formula is C17H28ClN3O4S. The van der Waals surface area contributed by atoms with Crippen molar-refractivity contribution < 1.29 is 17.9 Å². The molecule has 3 N–H and O–H groups in total.